The Balaban J connectivity index is 1.80. The van der Waals surface area contributed by atoms with Gasteiger partial charge in [-0.3, -0.25) is 4.79 Å². The topological polar surface area (TPSA) is 73.1 Å². The zero-order valence-corrected chi connectivity index (χ0v) is 11.0. The van der Waals surface area contributed by atoms with Crippen LogP contribution in [0, 0.1) is 28.6 Å². The smallest absolute Gasteiger partial charge is 0.240 e. The second-order valence-electron chi connectivity index (χ2n) is 6.10. The van der Waals surface area contributed by atoms with E-state index in [2.05, 4.69) is 18.3 Å². The summed E-state index contributed by atoms with van der Waals surface area (Å²) in [4.78, 5) is 12.1. The minimum atomic E-state index is -0.771. The molecule has 0 aromatic carbocycles. The van der Waals surface area contributed by atoms with Crippen molar-refractivity contribution in [2.45, 2.75) is 51.6 Å². The Morgan fingerprint density at radius 2 is 2.22 bits per heavy atom. The lowest BCUT2D eigenvalue weighted by atomic mass is 9.63. The molecule has 2 saturated carbocycles. The molecule has 0 bridgehead atoms. The van der Waals surface area contributed by atoms with E-state index >= 15 is 0 Å². The van der Waals surface area contributed by atoms with Gasteiger partial charge in [0, 0.05) is 6.54 Å². The highest BCUT2D eigenvalue weighted by atomic mass is 16.3. The van der Waals surface area contributed by atoms with Crippen molar-refractivity contribution in [3.8, 4) is 6.07 Å². The van der Waals surface area contributed by atoms with Crippen LogP contribution in [-0.4, -0.2) is 23.7 Å². The summed E-state index contributed by atoms with van der Waals surface area (Å²) >= 11 is 0. The summed E-state index contributed by atoms with van der Waals surface area (Å²) in [5.74, 6) is 0.737. The first-order valence-electron chi connectivity index (χ1n) is 6.93. The van der Waals surface area contributed by atoms with Gasteiger partial charge in [-0.15, -0.1) is 0 Å². The van der Waals surface area contributed by atoms with Crippen LogP contribution in [0.1, 0.15) is 45.4 Å². The van der Waals surface area contributed by atoms with E-state index in [0.29, 0.717) is 31.2 Å². The minimum Gasteiger partial charge on any atom is -0.393 e. The largest absolute Gasteiger partial charge is 0.393 e. The summed E-state index contributed by atoms with van der Waals surface area (Å²) in [6.07, 6.45) is 4.90. The van der Waals surface area contributed by atoms with Crippen molar-refractivity contribution < 1.29 is 9.90 Å². The number of aliphatic hydroxyl groups excluding tert-OH is 1. The van der Waals surface area contributed by atoms with Crippen molar-refractivity contribution in [1.82, 2.24) is 5.32 Å². The first kappa shape index (κ1) is 13.4. The minimum absolute atomic E-state index is 0.108. The van der Waals surface area contributed by atoms with E-state index in [-0.39, 0.29) is 12.0 Å². The van der Waals surface area contributed by atoms with Gasteiger partial charge in [-0.05, 0) is 43.9 Å². The maximum atomic E-state index is 12.1. The number of nitriles is 1. The summed E-state index contributed by atoms with van der Waals surface area (Å²) in [7, 11) is 0. The highest BCUT2D eigenvalue weighted by molar-refractivity contribution is 5.86. The molecule has 0 saturated heterocycles. The van der Waals surface area contributed by atoms with Gasteiger partial charge in [0.25, 0.3) is 0 Å². The van der Waals surface area contributed by atoms with E-state index in [0.717, 1.165) is 25.7 Å². The summed E-state index contributed by atoms with van der Waals surface area (Å²) in [6.45, 7) is 2.67. The van der Waals surface area contributed by atoms with Crippen molar-refractivity contribution in [3.63, 3.8) is 0 Å². The monoisotopic (exact) mass is 250 g/mol. The summed E-state index contributed by atoms with van der Waals surface area (Å²) in [5.41, 5.74) is -0.771. The third-order valence-corrected chi connectivity index (χ3v) is 4.35. The molecule has 2 unspecified atom stereocenters. The lowest BCUT2D eigenvalue weighted by molar-refractivity contribution is -0.134. The molecular weight excluding hydrogens is 228 g/mol. The van der Waals surface area contributed by atoms with Crippen molar-refractivity contribution in [2.75, 3.05) is 6.54 Å². The van der Waals surface area contributed by atoms with Crippen LogP contribution in [0.25, 0.3) is 0 Å². The number of amides is 1. The molecule has 4 nitrogen and oxygen atoms in total. The Hall–Kier alpha value is -1.08. The molecule has 2 fully saturated rings. The zero-order chi connectivity index (χ0) is 13.2. The molecule has 2 atom stereocenters. The van der Waals surface area contributed by atoms with Crippen LogP contribution >= 0.6 is 0 Å². The molecule has 0 spiro atoms. The van der Waals surface area contributed by atoms with Crippen LogP contribution in [0.15, 0.2) is 0 Å². The Morgan fingerprint density at radius 1 is 1.50 bits per heavy atom. The number of hydrogen-bond acceptors (Lipinski definition) is 3. The summed E-state index contributed by atoms with van der Waals surface area (Å²) < 4.78 is 0. The molecule has 100 valence electrons. The molecule has 0 aromatic rings. The molecule has 2 N–H and O–H groups in total. The Kier molecular flexibility index (Phi) is 3.91. The number of nitrogens with one attached hydrogen (secondary N) is 1. The van der Waals surface area contributed by atoms with E-state index in [1.54, 1.807) is 0 Å². The number of rotatable bonds is 3. The van der Waals surface area contributed by atoms with Crippen molar-refractivity contribution in [3.05, 3.63) is 0 Å². The van der Waals surface area contributed by atoms with E-state index in [9.17, 15) is 9.90 Å². The fourth-order valence-electron chi connectivity index (χ4n) is 3.31. The van der Waals surface area contributed by atoms with Crippen LogP contribution in [0.4, 0.5) is 0 Å². The molecule has 2 rings (SSSR count). The number of hydrogen-bond donors (Lipinski definition) is 2. The van der Waals surface area contributed by atoms with Crippen molar-refractivity contribution >= 4 is 5.91 Å². The SMILES string of the molecule is CC1CC(C#N)(C(=O)NCC2CCCC(O)C2)C1. The quantitative estimate of drug-likeness (QED) is 0.799. The molecule has 18 heavy (non-hydrogen) atoms. The molecule has 2 aliphatic carbocycles. The van der Waals surface area contributed by atoms with E-state index in [4.69, 9.17) is 5.26 Å². The second-order valence-corrected chi connectivity index (χ2v) is 6.10. The Morgan fingerprint density at radius 3 is 2.78 bits per heavy atom. The maximum Gasteiger partial charge on any atom is 0.240 e. The number of aliphatic hydroxyl groups is 1. The number of carbonyl (C=O) groups is 1. The Labute approximate surface area is 108 Å². The molecular formula is C14H22N2O2. The van der Waals surface area contributed by atoms with Gasteiger partial charge in [0.05, 0.1) is 12.2 Å². The van der Waals surface area contributed by atoms with Gasteiger partial charge in [0.15, 0.2) is 0 Å². The van der Waals surface area contributed by atoms with Crippen molar-refractivity contribution in [1.29, 1.82) is 5.26 Å². The summed E-state index contributed by atoms with van der Waals surface area (Å²) in [5, 5.41) is 21.6. The second kappa shape index (κ2) is 5.27. The molecule has 0 aromatic heterocycles. The predicted octanol–water partition coefficient (Wildman–Crippen LogP) is 1.59. The number of nitrogens with zero attached hydrogens (tertiary/aromatic N) is 1. The highest BCUT2D eigenvalue weighted by Gasteiger charge is 2.48. The van der Waals surface area contributed by atoms with Gasteiger partial charge in [0.2, 0.25) is 5.91 Å². The van der Waals surface area contributed by atoms with Gasteiger partial charge >= 0.3 is 0 Å². The highest BCUT2D eigenvalue weighted by Crippen LogP contribution is 2.45. The molecule has 0 aliphatic heterocycles. The fraction of sp³-hybridized carbons (Fsp3) is 0.857. The molecule has 0 heterocycles. The number of carbonyl (C=O) groups excluding carboxylic acids is 1. The molecule has 0 radical (unpaired) electrons. The fourth-order valence-corrected chi connectivity index (χ4v) is 3.31. The zero-order valence-electron chi connectivity index (χ0n) is 11.0. The third kappa shape index (κ3) is 2.67. The molecule has 4 heteroatoms. The van der Waals surface area contributed by atoms with Gasteiger partial charge < -0.3 is 10.4 Å². The first-order chi connectivity index (χ1) is 8.55. The van der Waals surface area contributed by atoms with Gasteiger partial charge in [-0.1, -0.05) is 13.3 Å². The van der Waals surface area contributed by atoms with Gasteiger partial charge in [-0.2, -0.15) is 5.26 Å². The van der Waals surface area contributed by atoms with Crippen LogP contribution < -0.4 is 5.32 Å². The van der Waals surface area contributed by atoms with Crippen LogP contribution in [0.5, 0.6) is 0 Å². The van der Waals surface area contributed by atoms with Crippen LogP contribution in [-0.2, 0) is 4.79 Å². The maximum absolute atomic E-state index is 12.1. The lowest BCUT2D eigenvalue weighted by Crippen LogP contribution is -2.49. The summed E-state index contributed by atoms with van der Waals surface area (Å²) in [6, 6.07) is 2.18. The third-order valence-electron chi connectivity index (χ3n) is 4.35. The standard InChI is InChI=1S/C14H22N2O2/c1-10-6-14(7-10,9-15)13(18)16-8-11-3-2-4-12(17)5-11/h10-12,17H,2-8H2,1H3,(H,16,18). The average Bonchev–Trinajstić information content (AvgIpc) is 2.32. The van der Waals surface area contributed by atoms with E-state index in [1.807, 2.05) is 0 Å². The Bertz CT molecular complexity index is 355. The lowest BCUT2D eigenvalue weighted by Gasteiger charge is -2.39. The van der Waals surface area contributed by atoms with E-state index in [1.165, 1.54) is 0 Å². The molecule has 1 amide bonds. The normalized spacial score (nSPS) is 39.5. The van der Waals surface area contributed by atoms with Crippen LogP contribution in [0.3, 0.4) is 0 Å². The van der Waals surface area contributed by atoms with Gasteiger partial charge in [0.1, 0.15) is 5.41 Å². The van der Waals surface area contributed by atoms with Gasteiger partial charge in [-0.25, -0.2) is 0 Å². The molecule has 2 aliphatic rings. The first-order valence-corrected chi connectivity index (χ1v) is 6.93. The van der Waals surface area contributed by atoms with E-state index < -0.39 is 5.41 Å². The van der Waals surface area contributed by atoms with Crippen molar-refractivity contribution in [2.24, 2.45) is 17.3 Å². The predicted molar refractivity (Wildman–Crippen MR) is 67.4 cm³/mol. The average molecular weight is 250 g/mol. The van der Waals surface area contributed by atoms with Crippen LogP contribution in [0.2, 0.25) is 0 Å².